The van der Waals surface area contributed by atoms with E-state index in [2.05, 4.69) is 289 Å². The molecule has 2 nitrogen and oxygen atoms in total. The van der Waals surface area contributed by atoms with Crippen molar-refractivity contribution >= 4 is 38.9 Å². The summed E-state index contributed by atoms with van der Waals surface area (Å²) in [4.78, 5) is 2.41. The van der Waals surface area contributed by atoms with E-state index in [0.717, 1.165) is 33.8 Å². The number of rotatable bonds is 10. The molecule has 0 amide bonds. The third kappa shape index (κ3) is 7.45. The molecule has 2 heteroatoms. The maximum absolute atomic E-state index is 2.46. The van der Waals surface area contributed by atoms with Gasteiger partial charge in [0.15, 0.2) is 0 Å². The van der Waals surface area contributed by atoms with E-state index in [1.165, 1.54) is 77.5 Å². The van der Waals surface area contributed by atoms with Crippen LogP contribution >= 0.6 is 0 Å². The number of hydrogen-bond donors (Lipinski definition) is 0. The molecule has 11 aromatic carbocycles. The number of hydrogen-bond acceptors (Lipinski definition) is 1. The van der Waals surface area contributed by atoms with Gasteiger partial charge in [0.2, 0.25) is 0 Å². The van der Waals surface area contributed by atoms with Crippen molar-refractivity contribution in [3.63, 3.8) is 0 Å². The summed E-state index contributed by atoms with van der Waals surface area (Å²) in [7, 11) is 0. The summed E-state index contributed by atoms with van der Waals surface area (Å²) >= 11 is 0. The molecule has 0 radical (unpaired) electrons. The van der Waals surface area contributed by atoms with Crippen LogP contribution in [0.4, 0.5) is 17.1 Å². The van der Waals surface area contributed by atoms with Gasteiger partial charge in [0.25, 0.3) is 0 Å². The Labute approximate surface area is 397 Å². The highest BCUT2D eigenvalue weighted by atomic mass is 15.1. The normalized spacial score (nSPS) is 11.2. The second-order valence-electron chi connectivity index (χ2n) is 17.2. The first-order valence-corrected chi connectivity index (χ1v) is 23.3. The highest BCUT2D eigenvalue weighted by molar-refractivity contribution is 6.11. The van der Waals surface area contributed by atoms with E-state index in [-0.39, 0.29) is 0 Å². The van der Waals surface area contributed by atoms with Gasteiger partial charge in [-0.15, -0.1) is 0 Å². The van der Waals surface area contributed by atoms with Gasteiger partial charge in [0, 0.05) is 33.4 Å². The van der Waals surface area contributed by atoms with Crippen molar-refractivity contribution in [2.75, 3.05) is 4.90 Å². The third-order valence-electron chi connectivity index (χ3n) is 13.2. The molecule has 1 aromatic heterocycles. The van der Waals surface area contributed by atoms with Crippen molar-refractivity contribution in [1.82, 2.24) is 4.57 Å². The van der Waals surface area contributed by atoms with E-state index in [1.807, 2.05) is 0 Å². The van der Waals surface area contributed by atoms with Crippen LogP contribution < -0.4 is 4.90 Å². The molecule has 320 valence electrons. The zero-order valence-electron chi connectivity index (χ0n) is 37.5. The number of para-hydroxylation sites is 3. The van der Waals surface area contributed by atoms with E-state index < -0.39 is 0 Å². The summed E-state index contributed by atoms with van der Waals surface area (Å²) in [5.41, 5.74) is 20.9. The summed E-state index contributed by atoms with van der Waals surface area (Å²) in [6.45, 7) is 0. The fourth-order valence-corrected chi connectivity index (χ4v) is 10.1. The lowest BCUT2D eigenvalue weighted by molar-refractivity contribution is 1.18. The maximum atomic E-state index is 2.46. The lowest BCUT2D eigenvalue weighted by atomic mass is 9.86. The van der Waals surface area contributed by atoms with Crippen molar-refractivity contribution in [3.05, 3.63) is 279 Å². The number of benzene rings is 11. The van der Waals surface area contributed by atoms with Crippen molar-refractivity contribution in [1.29, 1.82) is 0 Å². The van der Waals surface area contributed by atoms with Crippen molar-refractivity contribution in [2.45, 2.75) is 0 Å². The maximum Gasteiger partial charge on any atom is 0.0562 e. The molecule has 0 aliphatic heterocycles. The molecule has 0 saturated heterocycles. The lowest BCUT2D eigenvalue weighted by Gasteiger charge is -2.27. The molecule has 0 bridgehead atoms. The molecule has 1 heterocycles. The number of anilines is 3. The Balaban J connectivity index is 1.07. The smallest absolute Gasteiger partial charge is 0.0562 e. The van der Waals surface area contributed by atoms with Crippen LogP contribution in [0.15, 0.2) is 279 Å². The summed E-state index contributed by atoms with van der Waals surface area (Å²) in [5, 5.41) is 2.42. The zero-order chi connectivity index (χ0) is 45.2. The Morgan fingerprint density at radius 2 is 0.632 bits per heavy atom. The minimum atomic E-state index is 1.07. The predicted octanol–water partition coefficient (Wildman–Crippen LogP) is 18.3. The molecule has 0 N–H and O–H groups in total. The Morgan fingerprint density at radius 1 is 0.221 bits per heavy atom. The van der Waals surface area contributed by atoms with Gasteiger partial charge < -0.3 is 9.47 Å². The SMILES string of the molecule is c1ccc(-c2ccc(-c3ccccc3-n3c4ccccc4c4ccc(N(c5ccccc5)c5ccc(-c6ccccc6-c6ccccc6)c(-c6ccccc6-c6ccccc6)c5)cc43)cc2)cc1. The molecule has 0 aliphatic rings. The number of aromatic nitrogens is 1. The topological polar surface area (TPSA) is 8.17 Å². The van der Waals surface area contributed by atoms with Crippen molar-refractivity contribution in [2.24, 2.45) is 0 Å². The average Bonchev–Trinajstić information content (AvgIpc) is 3.75. The van der Waals surface area contributed by atoms with E-state index in [4.69, 9.17) is 0 Å². The first kappa shape index (κ1) is 40.5. The lowest BCUT2D eigenvalue weighted by Crippen LogP contribution is -2.10. The standard InChI is InChI=1S/C66H46N2/c1-5-21-47(22-6-1)48-37-39-51(40-38-48)57-31-17-19-35-64(57)68-65-36-20-18-34-61(65)62-44-42-54(46-66(62)68)67(52-27-11-4-12-28-52)53-41-43-60(58-32-15-13-29-55(58)49-23-7-2-8-24-49)63(45-53)59-33-16-14-30-56(59)50-25-9-3-10-26-50/h1-46H. The van der Waals surface area contributed by atoms with Crippen LogP contribution in [0, 0.1) is 0 Å². The molecule has 0 spiro atoms. The fourth-order valence-electron chi connectivity index (χ4n) is 10.1. The summed E-state index contributed by atoms with van der Waals surface area (Å²) in [6.07, 6.45) is 0. The molecule has 12 aromatic rings. The van der Waals surface area contributed by atoms with Crippen LogP contribution in [0.25, 0.3) is 94.3 Å². The van der Waals surface area contributed by atoms with Crippen molar-refractivity contribution in [3.8, 4) is 72.4 Å². The predicted molar refractivity (Wildman–Crippen MR) is 288 cm³/mol. The Hall–Kier alpha value is -8.98. The highest BCUT2D eigenvalue weighted by Gasteiger charge is 2.22. The Kier molecular flexibility index (Phi) is 10.6. The minimum Gasteiger partial charge on any atom is -0.310 e. The second-order valence-corrected chi connectivity index (χ2v) is 17.2. The number of nitrogens with zero attached hydrogens (tertiary/aromatic N) is 2. The summed E-state index contributed by atoms with van der Waals surface area (Å²) < 4.78 is 2.46. The highest BCUT2D eigenvalue weighted by Crippen LogP contribution is 2.47. The molecule has 0 aliphatic carbocycles. The molecule has 0 unspecified atom stereocenters. The van der Waals surface area contributed by atoms with Gasteiger partial charge in [0.1, 0.15) is 0 Å². The molecule has 12 rings (SSSR count). The van der Waals surface area contributed by atoms with Crippen LogP contribution in [0.2, 0.25) is 0 Å². The minimum absolute atomic E-state index is 1.07. The molecule has 0 atom stereocenters. The van der Waals surface area contributed by atoms with E-state index in [0.29, 0.717) is 0 Å². The van der Waals surface area contributed by atoms with Gasteiger partial charge in [0.05, 0.1) is 16.7 Å². The number of fused-ring (bicyclic) bond motifs is 3. The quantitative estimate of drug-likeness (QED) is 0.133. The van der Waals surface area contributed by atoms with Gasteiger partial charge >= 0.3 is 0 Å². The summed E-state index contributed by atoms with van der Waals surface area (Å²) in [6, 6.07) is 101. The summed E-state index contributed by atoms with van der Waals surface area (Å²) in [5.74, 6) is 0. The van der Waals surface area contributed by atoms with Crippen LogP contribution in [-0.2, 0) is 0 Å². The molecular formula is C66H46N2. The van der Waals surface area contributed by atoms with Crippen LogP contribution in [0.1, 0.15) is 0 Å². The van der Waals surface area contributed by atoms with Gasteiger partial charge in [-0.05, 0) is 110 Å². The third-order valence-corrected chi connectivity index (χ3v) is 13.2. The van der Waals surface area contributed by atoms with Gasteiger partial charge in [-0.1, -0.05) is 231 Å². The second kappa shape index (κ2) is 17.8. The molecule has 68 heavy (non-hydrogen) atoms. The fraction of sp³-hybridized carbons (Fsp3) is 0. The van der Waals surface area contributed by atoms with E-state index >= 15 is 0 Å². The van der Waals surface area contributed by atoms with E-state index in [9.17, 15) is 0 Å². The Bertz CT molecular complexity index is 3710. The van der Waals surface area contributed by atoms with Gasteiger partial charge in [-0.3, -0.25) is 0 Å². The van der Waals surface area contributed by atoms with E-state index in [1.54, 1.807) is 0 Å². The molecule has 0 fully saturated rings. The molecule has 0 saturated carbocycles. The van der Waals surface area contributed by atoms with Crippen LogP contribution in [-0.4, -0.2) is 4.57 Å². The average molecular weight is 867 g/mol. The first-order chi connectivity index (χ1) is 33.8. The first-order valence-electron chi connectivity index (χ1n) is 23.3. The Morgan fingerprint density at radius 3 is 1.28 bits per heavy atom. The van der Waals surface area contributed by atoms with Gasteiger partial charge in [-0.2, -0.15) is 0 Å². The van der Waals surface area contributed by atoms with Crippen LogP contribution in [0.5, 0.6) is 0 Å². The van der Waals surface area contributed by atoms with Crippen molar-refractivity contribution < 1.29 is 0 Å². The monoisotopic (exact) mass is 866 g/mol. The van der Waals surface area contributed by atoms with Gasteiger partial charge in [-0.25, -0.2) is 0 Å². The zero-order valence-corrected chi connectivity index (χ0v) is 37.5. The molecular weight excluding hydrogens is 821 g/mol. The van der Waals surface area contributed by atoms with Crippen LogP contribution in [0.3, 0.4) is 0 Å². The largest absolute Gasteiger partial charge is 0.310 e.